The number of amides is 1. The highest BCUT2D eigenvalue weighted by Gasteiger charge is 2.07. The van der Waals surface area contributed by atoms with Gasteiger partial charge in [0, 0.05) is 10.6 Å². The first-order valence-corrected chi connectivity index (χ1v) is 7.45. The number of benzene rings is 2. The van der Waals surface area contributed by atoms with Gasteiger partial charge in [0.2, 0.25) is 0 Å². The fraction of sp³-hybridized carbons (Fsp3) is 0.188. The summed E-state index contributed by atoms with van der Waals surface area (Å²) in [6.45, 7) is 1.85. The summed E-state index contributed by atoms with van der Waals surface area (Å²) in [4.78, 5) is 12.2. The van der Waals surface area contributed by atoms with Gasteiger partial charge in [0.15, 0.2) is 6.61 Å². The summed E-state index contributed by atoms with van der Waals surface area (Å²) in [5, 5.41) is 2.64. The van der Waals surface area contributed by atoms with Gasteiger partial charge in [-0.15, -0.1) is 0 Å². The van der Waals surface area contributed by atoms with Crippen molar-refractivity contribution in [2.45, 2.75) is 17.6 Å². The Morgan fingerprint density at radius 1 is 1.14 bits per heavy atom. The van der Waals surface area contributed by atoms with E-state index in [0.717, 1.165) is 5.56 Å². The molecule has 0 saturated carbocycles. The van der Waals surface area contributed by atoms with Crippen LogP contribution in [0.1, 0.15) is 5.56 Å². The molecule has 2 aromatic carbocycles. The average Bonchev–Trinajstić information content (AvgIpc) is 2.48. The van der Waals surface area contributed by atoms with Crippen LogP contribution in [0.3, 0.4) is 0 Å². The summed E-state index contributed by atoms with van der Waals surface area (Å²) >= 11 is 0.464. The van der Waals surface area contributed by atoms with Crippen molar-refractivity contribution in [3.8, 4) is 5.75 Å². The van der Waals surface area contributed by atoms with E-state index < -0.39 is 5.76 Å². The van der Waals surface area contributed by atoms with E-state index in [4.69, 9.17) is 4.74 Å². The maximum atomic E-state index is 12.2. The molecule has 0 aliphatic carbocycles. The zero-order valence-electron chi connectivity index (χ0n) is 11.9. The second kappa shape index (κ2) is 7.79. The summed E-state index contributed by atoms with van der Waals surface area (Å²) in [5.41, 5.74) is 1.65. The third-order valence-electron chi connectivity index (χ3n) is 2.75. The van der Waals surface area contributed by atoms with E-state index in [0.29, 0.717) is 28.1 Å². The van der Waals surface area contributed by atoms with Gasteiger partial charge in [-0.2, -0.15) is 8.78 Å². The molecule has 2 aromatic rings. The van der Waals surface area contributed by atoms with Gasteiger partial charge in [-0.1, -0.05) is 29.5 Å². The van der Waals surface area contributed by atoms with E-state index in [-0.39, 0.29) is 12.5 Å². The SMILES string of the molecule is Cc1ccc(OCC(=O)Nc2ccc(SC(F)F)cc2)cc1. The maximum Gasteiger partial charge on any atom is 0.288 e. The van der Waals surface area contributed by atoms with Crippen LogP contribution in [0.2, 0.25) is 0 Å². The molecule has 0 fully saturated rings. The first-order valence-electron chi connectivity index (χ1n) is 6.57. The van der Waals surface area contributed by atoms with Crippen LogP contribution in [-0.2, 0) is 4.79 Å². The summed E-state index contributed by atoms with van der Waals surface area (Å²) in [6.07, 6.45) is 0. The molecule has 22 heavy (non-hydrogen) atoms. The molecule has 6 heteroatoms. The number of nitrogens with one attached hydrogen (secondary N) is 1. The molecule has 116 valence electrons. The lowest BCUT2D eigenvalue weighted by molar-refractivity contribution is -0.118. The van der Waals surface area contributed by atoms with Crippen molar-refractivity contribution < 1.29 is 18.3 Å². The fourth-order valence-corrected chi connectivity index (χ4v) is 2.20. The minimum atomic E-state index is -2.46. The predicted octanol–water partition coefficient (Wildman–Crippen LogP) is 4.33. The van der Waals surface area contributed by atoms with Gasteiger partial charge in [0.05, 0.1) is 0 Å². The maximum absolute atomic E-state index is 12.2. The molecule has 0 unspecified atom stereocenters. The van der Waals surface area contributed by atoms with E-state index >= 15 is 0 Å². The van der Waals surface area contributed by atoms with Crippen LogP contribution in [0, 0.1) is 6.92 Å². The summed E-state index contributed by atoms with van der Waals surface area (Å²) in [5.74, 6) is -2.15. The molecule has 0 spiro atoms. The van der Waals surface area contributed by atoms with Crippen molar-refractivity contribution in [3.63, 3.8) is 0 Å². The van der Waals surface area contributed by atoms with Crippen LogP contribution in [0.4, 0.5) is 14.5 Å². The number of ether oxygens (including phenoxy) is 1. The van der Waals surface area contributed by atoms with Crippen LogP contribution < -0.4 is 10.1 Å². The Morgan fingerprint density at radius 3 is 2.36 bits per heavy atom. The first kappa shape index (κ1) is 16.3. The lowest BCUT2D eigenvalue weighted by Gasteiger charge is -2.08. The number of carbonyl (C=O) groups is 1. The Bertz CT molecular complexity index is 615. The topological polar surface area (TPSA) is 38.3 Å². The van der Waals surface area contributed by atoms with Crippen molar-refractivity contribution >= 4 is 23.4 Å². The molecule has 0 radical (unpaired) electrons. The Balaban J connectivity index is 1.82. The molecular formula is C16H15F2NO2S. The second-order valence-electron chi connectivity index (χ2n) is 4.55. The number of carbonyl (C=O) groups excluding carboxylic acids is 1. The summed E-state index contributed by atoms with van der Waals surface area (Å²) in [6, 6.07) is 13.6. The summed E-state index contributed by atoms with van der Waals surface area (Å²) < 4.78 is 29.7. The lowest BCUT2D eigenvalue weighted by Crippen LogP contribution is -2.20. The number of thioether (sulfide) groups is 1. The Labute approximate surface area is 131 Å². The molecule has 2 rings (SSSR count). The number of hydrogen-bond acceptors (Lipinski definition) is 3. The number of alkyl halides is 2. The number of rotatable bonds is 6. The minimum Gasteiger partial charge on any atom is -0.484 e. The van der Waals surface area contributed by atoms with Gasteiger partial charge in [0.25, 0.3) is 11.7 Å². The Kier molecular flexibility index (Phi) is 5.77. The Morgan fingerprint density at radius 2 is 1.77 bits per heavy atom. The van der Waals surface area contributed by atoms with Gasteiger partial charge >= 0.3 is 0 Å². The standard InChI is InChI=1S/C16H15F2NO2S/c1-11-2-6-13(7-3-11)21-10-15(20)19-12-4-8-14(9-5-12)22-16(17)18/h2-9,16H,10H2,1H3,(H,19,20). The normalized spacial score (nSPS) is 10.5. The van der Waals surface area contributed by atoms with Gasteiger partial charge in [0.1, 0.15) is 5.75 Å². The molecule has 0 aliphatic rings. The highest BCUT2D eigenvalue weighted by molar-refractivity contribution is 7.99. The van der Waals surface area contributed by atoms with Gasteiger partial charge in [-0.3, -0.25) is 4.79 Å². The van der Waals surface area contributed by atoms with Crippen LogP contribution in [0.25, 0.3) is 0 Å². The van der Waals surface area contributed by atoms with E-state index in [1.54, 1.807) is 24.3 Å². The fourth-order valence-electron chi connectivity index (χ4n) is 1.70. The van der Waals surface area contributed by atoms with Gasteiger partial charge < -0.3 is 10.1 Å². The number of anilines is 1. The van der Waals surface area contributed by atoms with E-state index in [9.17, 15) is 13.6 Å². The minimum absolute atomic E-state index is 0.114. The highest BCUT2D eigenvalue weighted by atomic mass is 32.2. The Hall–Kier alpha value is -2.08. The van der Waals surface area contributed by atoms with Gasteiger partial charge in [-0.25, -0.2) is 0 Å². The molecule has 0 aromatic heterocycles. The van der Waals surface area contributed by atoms with E-state index in [1.807, 2.05) is 19.1 Å². The van der Waals surface area contributed by atoms with Crippen LogP contribution in [0.5, 0.6) is 5.75 Å². The second-order valence-corrected chi connectivity index (χ2v) is 5.62. The summed E-state index contributed by atoms with van der Waals surface area (Å²) in [7, 11) is 0. The van der Waals surface area contributed by atoms with Gasteiger partial charge in [-0.05, 0) is 43.3 Å². The average molecular weight is 323 g/mol. The van der Waals surface area contributed by atoms with Crippen LogP contribution in [0.15, 0.2) is 53.4 Å². The third kappa shape index (κ3) is 5.37. The largest absolute Gasteiger partial charge is 0.484 e. The molecule has 1 amide bonds. The molecule has 0 heterocycles. The highest BCUT2D eigenvalue weighted by Crippen LogP contribution is 2.26. The zero-order valence-corrected chi connectivity index (χ0v) is 12.7. The lowest BCUT2D eigenvalue weighted by atomic mass is 10.2. The smallest absolute Gasteiger partial charge is 0.288 e. The van der Waals surface area contributed by atoms with Crippen molar-refractivity contribution in [2.24, 2.45) is 0 Å². The molecule has 0 aliphatic heterocycles. The monoisotopic (exact) mass is 323 g/mol. The van der Waals surface area contributed by atoms with Crippen molar-refractivity contribution in [1.82, 2.24) is 0 Å². The molecule has 0 bridgehead atoms. The van der Waals surface area contributed by atoms with Crippen molar-refractivity contribution in [2.75, 3.05) is 11.9 Å². The zero-order chi connectivity index (χ0) is 15.9. The molecule has 3 nitrogen and oxygen atoms in total. The molecule has 1 N–H and O–H groups in total. The third-order valence-corrected chi connectivity index (χ3v) is 3.48. The number of halogens is 2. The molecular weight excluding hydrogens is 308 g/mol. The van der Waals surface area contributed by atoms with E-state index in [1.165, 1.54) is 12.1 Å². The first-order chi connectivity index (χ1) is 10.5. The molecule has 0 atom stereocenters. The molecule has 0 saturated heterocycles. The van der Waals surface area contributed by atoms with E-state index in [2.05, 4.69) is 5.32 Å². The number of hydrogen-bond donors (Lipinski definition) is 1. The van der Waals surface area contributed by atoms with Crippen LogP contribution in [-0.4, -0.2) is 18.3 Å². The van der Waals surface area contributed by atoms with Crippen molar-refractivity contribution in [1.29, 1.82) is 0 Å². The quantitative estimate of drug-likeness (QED) is 0.804. The van der Waals surface area contributed by atoms with Crippen molar-refractivity contribution in [3.05, 3.63) is 54.1 Å². The van der Waals surface area contributed by atoms with Crippen LogP contribution >= 0.6 is 11.8 Å². The predicted molar refractivity (Wildman–Crippen MR) is 83.6 cm³/mol. The number of aryl methyl sites for hydroxylation is 1.